The van der Waals surface area contributed by atoms with Crippen molar-refractivity contribution in [2.24, 2.45) is 0 Å². The lowest BCUT2D eigenvalue weighted by atomic mass is 10.1. The third-order valence-electron chi connectivity index (χ3n) is 4.10. The van der Waals surface area contributed by atoms with Crippen molar-refractivity contribution in [2.75, 3.05) is 31.3 Å². The highest BCUT2D eigenvalue weighted by atomic mass is 16.5. The minimum absolute atomic E-state index is 0.175. The number of rotatable bonds is 7. The highest BCUT2D eigenvalue weighted by Crippen LogP contribution is 2.21. The van der Waals surface area contributed by atoms with Crippen LogP contribution in [-0.4, -0.2) is 43.3 Å². The molecule has 0 saturated heterocycles. The fraction of sp³-hybridized carbons (Fsp3) is 0.136. The number of nitrogens with zero attached hydrogens (tertiary/aromatic N) is 1. The van der Waals surface area contributed by atoms with Gasteiger partial charge in [0, 0.05) is 25.5 Å². The van der Waals surface area contributed by atoms with Gasteiger partial charge >= 0.3 is 0 Å². The van der Waals surface area contributed by atoms with Gasteiger partial charge in [0.2, 0.25) is 0 Å². The monoisotopic (exact) mass is 407 g/mol. The summed E-state index contributed by atoms with van der Waals surface area (Å²) in [5, 5.41) is 5.47. The van der Waals surface area contributed by atoms with Gasteiger partial charge in [0.05, 0.1) is 11.8 Å². The van der Waals surface area contributed by atoms with Gasteiger partial charge < -0.3 is 24.7 Å². The average molecular weight is 407 g/mol. The maximum atomic E-state index is 12.7. The molecule has 0 aliphatic rings. The van der Waals surface area contributed by atoms with Gasteiger partial charge in [-0.3, -0.25) is 14.4 Å². The zero-order valence-corrected chi connectivity index (χ0v) is 16.5. The fourth-order valence-corrected chi connectivity index (χ4v) is 2.52. The summed E-state index contributed by atoms with van der Waals surface area (Å²) in [6.07, 6.45) is 1.41. The largest absolute Gasteiger partial charge is 0.483 e. The summed E-state index contributed by atoms with van der Waals surface area (Å²) in [6.45, 7) is -0.175. The Hall–Kier alpha value is -4.07. The van der Waals surface area contributed by atoms with E-state index in [0.29, 0.717) is 17.1 Å². The molecule has 3 aromatic rings. The van der Waals surface area contributed by atoms with E-state index in [1.165, 1.54) is 11.2 Å². The van der Waals surface area contributed by atoms with Crippen LogP contribution >= 0.6 is 0 Å². The molecule has 0 fully saturated rings. The smallest absolute Gasteiger partial charge is 0.291 e. The first-order valence-electron chi connectivity index (χ1n) is 9.12. The lowest BCUT2D eigenvalue weighted by Crippen LogP contribution is -2.28. The molecule has 0 unspecified atom stereocenters. The summed E-state index contributed by atoms with van der Waals surface area (Å²) in [5.74, 6) is -0.536. The van der Waals surface area contributed by atoms with Crippen LogP contribution in [0.5, 0.6) is 5.75 Å². The summed E-state index contributed by atoms with van der Waals surface area (Å²) in [5.41, 5.74) is 1.26. The van der Waals surface area contributed by atoms with Crippen molar-refractivity contribution in [3.05, 3.63) is 78.3 Å². The average Bonchev–Trinajstić information content (AvgIpc) is 3.27. The van der Waals surface area contributed by atoms with Gasteiger partial charge in [0.15, 0.2) is 12.4 Å². The van der Waals surface area contributed by atoms with Gasteiger partial charge in [0.25, 0.3) is 17.7 Å². The Balaban J connectivity index is 1.69. The fourth-order valence-electron chi connectivity index (χ4n) is 2.52. The summed E-state index contributed by atoms with van der Waals surface area (Å²) in [7, 11) is 3.25. The van der Waals surface area contributed by atoms with Crippen LogP contribution < -0.4 is 15.4 Å². The number of ether oxygens (including phenoxy) is 1. The van der Waals surface area contributed by atoms with Gasteiger partial charge in [-0.1, -0.05) is 18.2 Å². The van der Waals surface area contributed by atoms with Crippen molar-refractivity contribution < 1.29 is 23.5 Å². The van der Waals surface area contributed by atoms with Crippen LogP contribution in [0.3, 0.4) is 0 Å². The van der Waals surface area contributed by atoms with Crippen LogP contribution in [0.2, 0.25) is 0 Å². The van der Waals surface area contributed by atoms with Crippen molar-refractivity contribution in [3.8, 4) is 5.75 Å². The van der Waals surface area contributed by atoms with E-state index in [-0.39, 0.29) is 23.8 Å². The molecule has 0 aliphatic carbocycles. The van der Waals surface area contributed by atoms with E-state index in [4.69, 9.17) is 9.15 Å². The van der Waals surface area contributed by atoms with E-state index in [1.54, 1.807) is 74.8 Å². The first-order valence-corrected chi connectivity index (χ1v) is 9.12. The van der Waals surface area contributed by atoms with E-state index in [9.17, 15) is 14.4 Å². The molecule has 154 valence electrons. The normalized spacial score (nSPS) is 10.2. The number of benzene rings is 2. The lowest BCUT2D eigenvalue weighted by molar-refractivity contribution is -0.130. The molecule has 0 radical (unpaired) electrons. The SMILES string of the molecule is CN(C)C(=O)COc1ccccc1C(=O)Nc1cccc(NC(=O)c2ccco2)c1. The number of likely N-dealkylation sites (N-methyl/N-ethyl adjacent to an activating group) is 1. The summed E-state index contributed by atoms with van der Waals surface area (Å²) in [6, 6.07) is 16.5. The Morgan fingerprint density at radius 3 is 2.27 bits per heavy atom. The van der Waals surface area contributed by atoms with E-state index >= 15 is 0 Å². The van der Waals surface area contributed by atoms with Crippen LogP contribution in [0.4, 0.5) is 11.4 Å². The van der Waals surface area contributed by atoms with Crippen LogP contribution in [-0.2, 0) is 4.79 Å². The van der Waals surface area contributed by atoms with E-state index in [0.717, 1.165) is 0 Å². The molecular formula is C22H21N3O5. The van der Waals surface area contributed by atoms with Crippen LogP contribution in [0.1, 0.15) is 20.9 Å². The maximum Gasteiger partial charge on any atom is 0.291 e. The van der Waals surface area contributed by atoms with Crippen molar-refractivity contribution in [3.63, 3.8) is 0 Å². The molecule has 1 heterocycles. The quantitative estimate of drug-likeness (QED) is 0.626. The number of carbonyl (C=O) groups is 3. The van der Waals surface area contributed by atoms with Crippen LogP contribution in [0.15, 0.2) is 71.3 Å². The summed E-state index contributed by atoms with van der Waals surface area (Å²) >= 11 is 0. The van der Waals surface area contributed by atoms with E-state index in [1.807, 2.05) is 0 Å². The van der Waals surface area contributed by atoms with Gasteiger partial charge in [-0.2, -0.15) is 0 Å². The van der Waals surface area contributed by atoms with Gasteiger partial charge in [-0.15, -0.1) is 0 Å². The standard InChI is InChI=1S/C22H21N3O5/c1-25(2)20(26)14-30-18-10-4-3-9-17(18)21(27)23-15-7-5-8-16(13-15)24-22(28)19-11-6-12-29-19/h3-13H,14H2,1-2H3,(H,23,27)(H,24,28). The van der Waals surface area contributed by atoms with Crippen LogP contribution in [0, 0.1) is 0 Å². The Labute approximate surface area is 173 Å². The second-order valence-corrected chi connectivity index (χ2v) is 6.54. The Kier molecular flexibility index (Phi) is 6.49. The topological polar surface area (TPSA) is 101 Å². The molecule has 0 atom stereocenters. The molecule has 8 nitrogen and oxygen atoms in total. The molecule has 8 heteroatoms. The number of amides is 3. The second kappa shape index (κ2) is 9.42. The maximum absolute atomic E-state index is 12.7. The van der Waals surface area contributed by atoms with E-state index < -0.39 is 11.8 Å². The van der Waals surface area contributed by atoms with Gasteiger partial charge in [0.1, 0.15) is 5.75 Å². The van der Waals surface area contributed by atoms with Crippen molar-refractivity contribution in [1.29, 1.82) is 0 Å². The number of para-hydroxylation sites is 1. The van der Waals surface area contributed by atoms with Gasteiger partial charge in [-0.05, 0) is 42.5 Å². The zero-order chi connectivity index (χ0) is 21.5. The highest BCUT2D eigenvalue weighted by Gasteiger charge is 2.15. The zero-order valence-electron chi connectivity index (χ0n) is 16.5. The van der Waals surface area contributed by atoms with E-state index in [2.05, 4.69) is 10.6 Å². The summed E-state index contributed by atoms with van der Waals surface area (Å²) in [4.78, 5) is 38.0. The van der Waals surface area contributed by atoms with Crippen molar-refractivity contribution in [2.45, 2.75) is 0 Å². The number of furan rings is 1. The minimum atomic E-state index is -0.405. The molecule has 2 aromatic carbocycles. The molecule has 30 heavy (non-hydrogen) atoms. The highest BCUT2D eigenvalue weighted by molar-refractivity contribution is 6.07. The number of anilines is 2. The molecule has 3 amide bonds. The first kappa shape index (κ1) is 20.7. The molecule has 2 N–H and O–H groups in total. The summed E-state index contributed by atoms with van der Waals surface area (Å²) < 4.78 is 10.6. The molecule has 3 rings (SSSR count). The lowest BCUT2D eigenvalue weighted by Gasteiger charge is -2.14. The number of nitrogens with one attached hydrogen (secondary N) is 2. The van der Waals surface area contributed by atoms with Crippen LogP contribution in [0.25, 0.3) is 0 Å². The molecule has 1 aromatic heterocycles. The number of carbonyl (C=O) groups excluding carboxylic acids is 3. The molecule has 0 aliphatic heterocycles. The van der Waals surface area contributed by atoms with Crippen molar-refractivity contribution >= 4 is 29.1 Å². The predicted octanol–water partition coefficient (Wildman–Crippen LogP) is 3.25. The minimum Gasteiger partial charge on any atom is -0.483 e. The molecular weight excluding hydrogens is 386 g/mol. The van der Waals surface area contributed by atoms with Crippen molar-refractivity contribution in [1.82, 2.24) is 4.90 Å². The molecule has 0 saturated carbocycles. The predicted molar refractivity (Wildman–Crippen MR) is 112 cm³/mol. The second-order valence-electron chi connectivity index (χ2n) is 6.54. The molecule has 0 bridgehead atoms. The number of hydrogen-bond acceptors (Lipinski definition) is 5. The number of hydrogen-bond donors (Lipinski definition) is 2. The molecule has 0 spiro atoms. The third-order valence-corrected chi connectivity index (χ3v) is 4.10. The first-order chi connectivity index (χ1) is 14.4. The Morgan fingerprint density at radius 1 is 0.900 bits per heavy atom. The Bertz CT molecular complexity index is 1040. The Morgan fingerprint density at radius 2 is 1.60 bits per heavy atom. The third kappa shape index (κ3) is 5.26. The van der Waals surface area contributed by atoms with Gasteiger partial charge in [-0.25, -0.2) is 0 Å².